The van der Waals surface area contributed by atoms with Crippen molar-refractivity contribution in [3.05, 3.63) is 0 Å². The van der Waals surface area contributed by atoms with Crippen LogP contribution in [-0.4, -0.2) is 6.04 Å². The van der Waals surface area contributed by atoms with E-state index < -0.39 is 0 Å². The monoisotopic (exact) mass is 205 g/mol. The molecular weight excluding hydrogens is 182 g/mol. The molecule has 0 amide bonds. The second kappa shape index (κ2) is 10.3. The van der Waals surface area contributed by atoms with E-state index in [2.05, 4.69) is 18.7 Å². The Kier molecular flexibility index (Phi) is 10.5. The average molecular weight is 206 g/mol. The van der Waals surface area contributed by atoms with E-state index in [0.29, 0.717) is 6.04 Å². The smallest absolute Gasteiger partial charge is 0.0218 e. The first-order valence-electron chi connectivity index (χ1n) is 5.71. The van der Waals surface area contributed by atoms with Gasteiger partial charge in [0.05, 0.1) is 0 Å². The van der Waals surface area contributed by atoms with Crippen molar-refractivity contribution >= 4 is 11.8 Å². The van der Waals surface area contributed by atoms with Crippen LogP contribution in [0.3, 0.4) is 0 Å². The van der Waals surface area contributed by atoms with Gasteiger partial charge in [0.1, 0.15) is 0 Å². The molecule has 0 saturated heterocycles. The zero-order valence-electron chi connectivity index (χ0n) is 9.11. The van der Waals surface area contributed by atoms with E-state index in [9.17, 15) is 0 Å². The van der Waals surface area contributed by atoms with Gasteiger partial charge in [-0.3, -0.25) is 0 Å². The second-order valence-electron chi connectivity index (χ2n) is 3.77. The molecule has 13 heavy (non-hydrogen) atoms. The van der Waals surface area contributed by atoms with Crippen LogP contribution in [0.2, 0.25) is 0 Å². The van der Waals surface area contributed by atoms with E-state index in [1.165, 1.54) is 44.9 Å². The Hall–Kier alpha value is 0.250. The summed E-state index contributed by atoms with van der Waals surface area (Å²) in [5, 5.41) is 0. The van der Waals surface area contributed by atoms with Crippen molar-refractivity contribution in [2.45, 2.75) is 71.3 Å². The maximum Gasteiger partial charge on any atom is 0.0218 e. The summed E-state index contributed by atoms with van der Waals surface area (Å²) >= 11 is 5.58. The van der Waals surface area contributed by atoms with Crippen LogP contribution >= 0.6 is 11.8 Å². The van der Waals surface area contributed by atoms with E-state index in [0.717, 1.165) is 6.42 Å². The molecule has 0 heterocycles. The van der Waals surface area contributed by atoms with Crippen molar-refractivity contribution in [1.29, 1.82) is 0 Å². The van der Waals surface area contributed by atoms with Crippen LogP contribution in [0.25, 0.3) is 0 Å². The summed E-state index contributed by atoms with van der Waals surface area (Å²) in [7, 11) is 0. The number of rotatable bonds is 9. The maximum absolute atomic E-state index is 5.58. The highest BCUT2D eigenvalue weighted by molar-refractivity contribution is 6.13. The zero-order valence-corrected chi connectivity index (χ0v) is 9.87. The minimum absolute atomic E-state index is 0.521. The largest absolute Gasteiger partial charge is 0.230 e. The highest BCUT2D eigenvalue weighted by Crippen LogP contribution is 2.10. The Bertz CT molecular complexity index is 92.1. The molecule has 0 aliphatic heterocycles. The Morgan fingerprint density at radius 1 is 1.00 bits per heavy atom. The van der Waals surface area contributed by atoms with Crippen molar-refractivity contribution in [3.8, 4) is 0 Å². The fraction of sp³-hybridized carbons (Fsp3) is 1.00. The van der Waals surface area contributed by atoms with Crippen molar-refractivity contribution in [2.24, 2.45) is 0 Å². The molecule has 0 saturated carbocycles. The molecule has 0 aliphatic rings. The molecule has 2 heteroatoms. The maximum atomic E-state index is 5.58. The Labute approximate surface area is 88.4 Å². The van der Waals surface area contributed by atoms with Gasteiger partial charge in [0.15, 0.2) is 0 Å². The van der Waals surface area contributed by atoms with Gasteiger partial charge in [-0.05, 0) is 24.6 Å². The normalized spacial score (nSPS) is 13.2. The van der Waals surface area contributed by atoms with E-state index in [1.807, 2.05) is 0 Å². The van der Waals surface area contributed by atoms with E-state index >= 15 is 0 Å². The zero-order chi connectivity index (χ0) is 9.94. The van der Waals surface area contributed by atoms with Gasteiger partial charge in [0.25, 0.3) is 0 Å². The van der Waals surface area contributed by atoms with Gasteiger partial charge in [0.2, 0.25) is 0 Å². The molecule has 1 unspecified atom stereocenters. The van der Waals surface area contributed by atoms with Gasteiger partial charge in [-0.25, -0.2) is 4.84 Å². The summed E-state index contributed by atoms with van der Waals surface area (Å²) in [4.78, 5) is 2.83. The second-order valence-corrected chi connectivity index (χ2v) is 3.99. The number of nitrogens with one attached hydrogen (secondary N) is 1. The average Bonchev–Trinajstić information content (AvgIpc) is 2.17. The van der Waals surface area contributed by atoms with Crippen LogP contribution in [-0.2, 0) is 0 Å². The molecule has 0 spiro atoms. The lowest BCUT2D eigenvalue weighted by molar-refractivity contribution is 0.504. The lowest BCUT2D eigenvalue weighted by Crippen LogP contribution is -2.18. The van der Waals surface area contributed by atoms with Crippen molar-refractivity contribution in [1.82, 2.24) is 4.84 Å². The molecule has 0 fully saturated rings. The molecule has 1 atom stereocenters. The summed E-state index contributed by atoms with van der Waals surface area (Å²) in [6.07, 6.45) is 10.6. The lowest BCUT2D eigenvalue weighted by Gasteiger charge is -2.10. The molecule has 80 valence electrons. The third-order valence-electron chi connectivity index (χ3n) is 2.55. The third-order valence-corrected chi connectivity index (χ3v) is 2.86. The first kappa shape index (κ1) is 13.2. The van der Waals surface area contributed by atoms with Crippen LogP contribution in [0.1, 0.15) is 65.2 Å². The fourth-order valence-electron chi connectivity index (χ4n) is 1.51. The fourth-order valence-corrected chi connectivity index (χ4v) is 1.77. The van der Waals surface area contributed by atoms with Crippen molar-refractivity contribution in [2.75, 3.05) is 0 Å². The summed E-state index contributed by atoms with van der Waals surface area (Å²) in [5.74, 6) is 0. The van der Waals surface area contributed by atoms with Crippen LogP contribution in [0.4, 0.5) is 0 Å². The quantitative estimate of drug-likeness (QED) is 0.438. The minimum atomic E-state index is 0.521. The highest BCUT2D eigenvalue weighted by atomic mass is 35.5. The highest BCUT2D eigenvalue weighted by Gasteiger charge is 2.02. The molecular formula is C11H24ClN. The predicted molar refractivity (Wildman–Crippen MR) is 61.1 cm³/mol. The third kappa shape index (κ3) is 8.58. The number of unbranched alkanes of at least 4 members (excludes halogenated alkanes) is 5. The molecule has 1 N–H and O–H groups in total. The lowest BCUT2D eigenvalue weighted by atomic mass is 10.1. The molecule has 0 rings (SSSR count). The summed E-state index contributed by atoms with van der Waals surface area (Å²) < 4.78 is 0. The van der Waals surface area contributed by atoms with Gasteiger partial charge in [-0.2, -0.15) is 0 Å². The van der Waals surface area contributed by atoms with E-state index in [4.69, 9.17) is 11.8 Å². The molecule has 0 aromatic rings. The van der Waals surface area contributed by atoms with Crippen LogP contribution in [0.5, 0.6) is 0 Å². The van der Waals surface area contributed by atoms with Gasteiger partial charge in [-0.15, -0.1) is 0 Å². The van der Waals surface area contributed by atoms with E-state index in [-0.39, 0.29) is 0 Å². The first-order chi connectivity index (χ1) is 6.35. The summed E-state index contributed by atoms with van der Waals surface area (Å²) in [5.41, 5.74) is 0. The molecule has 0 bridgehead atoms. The van der Waals surface area contributed by atoms with Crippen molar-refractivity contribution in [3.63, 3.8) is 0 Å². The van der Waals surface area contributed by atoms with Crippen LogP contribution in [0, 0.1) is 0 Å². The number of halogens is 1. The standard InChI is InChI=1S/C11H24ClN/c1-3-5-6-7-8-9-10-11(4-2)13-12/h11,13H,3-10H2,1-2H3. The van der Waals surface area contributed by atoms with Gasteiger partial charge >= 0.3 is 0 Å². The Morgan fingerprint density at radius 3 is 2.15 bits per heavy atom. The molecule has 0 aromatic carbocycles. The Balaban J connectivity index is 3.05. The van der Waals surface area contributed by atoms with Crippen LogP contribution < -0.4 is 4.84 Å². The van der Waals surface area contributed by atoms with Gasteiger partial charge < -0.3 is 0 Å². The predicted octanol–water partition coefficient (Wildman–Crippen LogP) is 4.26. The SMILES string of the molecule is CCCCCCCCC(CC)NCl. The van der Waals surface area contributed by atoms with Crippen molar-refractivity contribution < 1.29 is 0 Å². The number of hydrogen-bond acceptors (Lipinski definition) is 1. The van der Waals surface area contributed by atoms with Gasteiger partial charge in [-0.1, -0.05) is 52.4 Å². The van der Waals surface area contributed by atoms with E-state index in [1.54, 1.807) is 0 Å². The van der Waals surface area contributed by atoms with Gasteiger partial charge in [0, 0.05) is 6.04 Å². The van der Waals surface area contributed by atoms with Crippen LogP contribution in [0.15, 0.2) is 0 Å². The summed E-state index contributed by atoms with van der Waals surface area (Å²) in [6.45, 7) is 4.43. The Morgan fingerprint density at radius 2 is 1.62 bits per heavy atom. The molecule has 0 aromatic heterocycles. The topological polar surface area (TPSA) is 12.0 Å². The first-order valence-corrected chi connectivity index (χ1v) is 6.09. The molecule has 0 radical (unpaired) electrons. The summed E-state index contributed by atoms with van der Waals surface area (Å²) in [6, 6.07) is 0.521. The molecule has 1 nitrogen and oxygen atoms in total. The molecule has 0 aliphatic carbocycles. The number of hydrogen-bond donors (Lipinski definition) is 1. The minimum Gasteiger partial charge on any atom is -0.230 e.